The van der Waals surface area contributed by atoms with Crippen molar-refractivity contribution in [2.24, 2.45) is 0 Å². The molecule has 0 bridgehead atoms. The maximum atomic E-state index is 4.81. The Morgan fingerprint density at radius 3 is 2.13 bits per heavy atom. The molecule has 23 heavy (non-hydrogen) atoms. The maximum absolute atomic E-state index is 4.81. The van der Waals surface area contributed by atoms with Crippen LogP contribution >= 0.6 is 0 Å². The zero-order valence-electron chi connectivity index (χ0n) is 13.3. The number of benzene rings is 2. The van der Waals surface area contributed by atoms with Gasteiger partial charge < -0.3 is 4.57 Å². The molecule has 2 heterocycles. The fourth-order valence-corrected chi connectivity index (χ4v) is 3.17. The van der Waals surface area contributed by atoms with Crippen LogP contribution in [0.4, 0.5) is 0 Å². The van der Waals surface area contributed by atoms with E-state index in [4.69, 9.17) is 4.98 Å². The minimum Gasteiger partial charge on any atom is -0.314 e. The Morgan fingerprint density at radius 2 is 1.43 bits per heavy atom. The summed E-state index contributed by atoms with van der Waals surface area (Å²) >= 11 is 0. The molecule has 0 amide bonds. The molecule has 2 aromatic heterocycles. The molecule has 0 aliphatic rings. The average Bonchev–Trinajstić information content (AvgIpc) is 2.93. The van der Waals surface area contributed by atoms with E-state index in [-0.39, 0.29) is 0 Å². The lowest BCUT2D eigenvalue weighted by atomic mass is 10.1. The molecule has 4 rings (SSSR count). The Morgan fingerprint density at radius 1 is 0.783 bits per heavy atom. The van der Waals surface area contributed by atoms with Gasteiger partial charge in [0.2, 0.25) is 0 Å². The lowest BCUT2D eigenvalue weighted by molar-refractivity contribution is 1.05. The molecule has 2 heteroatoms. The minimum absolute atomic E-state index is 1.02. The van der Waals surface area contributed by atoms with E-state index in [1.54, 1.807) is 0 Å². The quantitative estimate of drug-likeness (QED) is 0.490. The molecular formula is C21H18N2. The number of fused-ring (bicyclic) bond motifs is 1. The van der Waals surface area contributed by atoms with Gasteiger partial charge in [0.1, 0.15) is 0 Å². The molecule has 0 saturated carbocycles. The predicted molar refractivity (Wildman–Crippen MR) is 96.0 cm³/mol. The molecule has 2 nitrogen and oxygen atoms in total. The van der Waals surface area contributed by atoms with Crippen LogP contribution in [-0.4, -0.2) is 9.55 Å². The first-order valence-corrected chi connectivity index (χ1v) is 7.84. The highest BCUT2D eigenvalue weighted by atomic mass is 15.0. The third-order valence-electron chi connectivity index (χ3n) is 4.26. The van der Waals surface area contributed by atoms with E-state index in [1.807, 2.05) is 12.1 Å². The first-order chi connectivity index (χ1) is 11.2. The predicted octanol–water partition coefficient (Wildman–Crippen LogP) is 5.31. The largest absolute Gasteiger partial charge is 0.314 e. The van der Waals surface area contributed by atoms with Gasteiger partial charge in [-0.05, 0) is 38.1 Å². The first-order valence-electron chi connectivity index (χ1n) is 7.84. The van der Waals surface area contributed by atoms with Gasteiger partial charge in [0.25, 0.3) is 0 Å². The SMILES string of the molecule is Cc1nc(-c2ccccc2)cc2c1cc(C)n2-c1ccccc1. The van der Waals surface area contributed by atoms with E-state index in [0.29, 0.717) is 0 Å². The molecule has 0 fully saturated rings. The summed E-state index contributed by atoms with van der Waals surface area (Å²) in [5.74, 6) is 0. The van der Waals surface area contributed by atoms with E-state index >= 15 is 0 Å². The van der Waals surface area contributed by atoms with Gasteiger partial charge in [0.05, 0.1) is 11.2 Å². The molecule has 0 N–H and O–H groups in total. The van der Waals surface area contributed by atoms with Crippen LogP contribution in [0.25, 0.3) is 27.8 Å². The summed E-state index contributed by atoms with van der Waals surface area (Å²) in [6, 6.07) is 25.3. The van der Waals surface area contributed by atoms with Crippen molar-refractivity contribution in [3.8, 4) is 16.9 Å². The smallest absolute Gasteiger partial charge is 0.0726 e. The number of aryl methyl sites for hydroxylation is 2. The van der Waals surface area contributed by atoms with Crippen LogP contribution in [0.2, 0.25) is 0 Å². The van der Waals surface area contributed by atoms with Gasteiger partial charge in [-0.2, -0.15) is 0 Å². The molecule has 0 radical (unpaired) electrons. The summed E-state index contributed by atoms with van der Waals surface area (Å²) in [5.41, 5.74) is 6.85. The van der Waals surface area contributed by atoms with Crippen molar-refractivity contribution in [2.45, 2.75) is 13.8 Å². The Balaban J connectivity index is 2.02. The van der Waals surface area contributed by atoms with E-state index in [2.05, 4.69) is 79.1 Å². The Hall–Kier alpha value is -2.87. The highest BCUT2D eigenvalue weighted by Crippen LogP contribution is 2.29. The number of pyridine rings is 1. The molecule has 0 aliphatic carbocycles. The molecule has 0 atom stereocenters. The molecular weight excluding hydrogens is 280 g/mol. The van der Waals surface area contributed by atoms with Gasteiger partial charge in [0.15, 0.2) is 0 Å². The Kier molecular flexibility index (Phi) is 3.23. The molecule has 0 unspecified atom stereocenters. The van der Waals surface area contributed by atoms with Gasteiger partial charge in [-0.25, -0.2) is 0 Å². The Bertz CT molecular complexity index is 967. The van der Waals surface area contributed by atoms with Crippen molar-refractivity contribution in [1.29, 1.82) is 0 Å². The number of rotatable bonds is 2. The van der Waals surface area contributed by atoms with Crippen molar-refractivity contribution in [3.05, 3.63) is 84.2 Å². The summed E-state index contributed by atoms with van der Waals surface area (Å²) in [6.07, 6.45) is 0. The number of hydrogen-bond donors (Lipinski definition) is 0. The third kappa shape index (κ3) is 2.33. The minimum atomic E-state index is 1.02. The number of para-hydroxylation sites is 1. The second kappa shape index (κ2) is 5.40. The summed E-state index contributed by atoms with van der Waals surface area (Å²) in [7, 11) is 0. The normalized spacial score (nSPS) is 11.0. The van der Waals surface area contributed by atoms with Gasteiger partial charge in [-0.15, -0.1) is 0 Å². The van der Waals surface area contributed by atoms with Crippen LogP contribution in [0, 0.1) is 13.8 Å². The zero-order valence-corrected chi connectivity index (χ0v) is 13.3. The van der Waals surface area contributed by atoms with Crippen molar-refractivity contribution < 1.29 is 0 Å². The summed E-state index contributed by atoms with van der Waals surface area (Å²) in [6.45, 7) is 4.23. The third-order valence-corrected chi connectivity index (χ3v) is 4.26. The molecule has 0 spiro atoms. The first kappa shape index (κ1) is 13.8. The van der Waals surface area contributed by atoms with Crippen LogP contribution in [0.5, 0.6) is 0 Å². The molecule has 112 valence electrons. The van der Waals surface area contributed by atoms with Gasteiger partial charge in [0, 0.05) is 28.0 Å². The fourth-order valence-electron chi connectivity index (χ4n) is 3.17. The van der Waals surface area contributed by atoms with Crippen LogP contribution in [-0.2, 0) is 0 Å². The number of hydrogen-bond acceptors (Lipinski definition) is 1. The van der Waals surface area contributed by atoms with Gasteiger partial charge >= 0.3 is 0 Å². The summed E-state index contributed by atoms with van der Waals surface area (Å²) in [4.78, 5) is 4.81. The van der Waals surface area contributed by atoms with Crippen LogP contribution in [0.1, 0.15) is 11.4 Å². The number of nitrogens with zero attached hydrogens (tertiary/aromatic N) is 2. The molecule has 4 aromatic rings. The Labute approximate surface area is 136 Å². The second-order valence-electron chi connectivity index (χ2n) is 5.85. The van der Waals surface area contributed by atoms with Crippen molar-refractivity contribution in [2.75, 3.05) is 0 Å². The summed E-state index contributed by atoms with van der Waals surface area (Å²) < 4.78 is 2.30. The van der Waals surface area contributed by atoms with Gasteiger partial charge in [-0.3, -0.25) is 4.98 Å². The van der Waals surface area contributed by atoms with Crippen LogP contribution < -0.4 is 0 Å². The van der Waals surface area contributed by atoms with E-state index in [1.165, 1.54) is 22.3 Å². The molecule has 2 aromatic carbocycles. The van der Waals surface area contributed by atoms with Crippen molar-refractivity contribution in [1.82, 2.24) is 9.55 Å². The van der Waals surface area contributed by atoms with Crippen LogP contribution in [0.15, 0.2) is 72.8 Å². The average molecular weight is 298 g/mol. The molecule has 0 aliphatic heterocycles. The summed E-state index contributed by atoms with van der Waals surface area (Å²) in [5, 5.41) is 1.21. The second-order valence-corrected chi connectivity index (χ2v) is 5.85. The monoisotopic (exact) mass is 298 g/mol. The standard InChI is InChI=1S/C21H18N2/c1-15-13-19-16(2)22-20(17-9-5-3-6-10-17)14-21(19)23(15)18-11-7-4-8-12-18/h3-14H,1-2H3. The van der Waals surface area contributed by atoms with Crippen molar-refractivity contribution >= 4 is 10.9 Å². The zero-order chi connectivity index (χ0) is 15.8. The lowest BCUT2D eigenvalue weighted by Crippen LogP contribution is -1.97. The highest BCUT2D eigenvalue weighted by molar-refractivity contribution is 5.88. The fraction of sp³-hybridized carbons (Fsp3) is 0.0952. The van der Waals surface area contributed by atoms with E-state index in [0.717, 1.165) is 17.0 Å². The van der Waals surface area contributed by atoms with E-state index in [9.17, 15) is 0 Å². The maximum Gasteiger partial charge on any atom is 0.0726 e. The molecule has 0 saturated heterocycles. The van der Waals surface area contributed by atoms with E-state index < -0.39 is 0 Å². The lowest BCUT2D eigenvalue weighted by Gasteiger charge is -2.10. The number of aromatic nitrogens is 2. The van der Waals surface area contributed by atoms with Crippen molar-refractivity contribution in [3.63, 3.8) is 0 Å². The van der Waals surface area contributed by atoms with Crippen LogP contribution in [0.3, 0.4) is 0 Å². The van der Waals surface area contributed by atoms with Gasteiger partial charge in [-0.1, -0.05) is 48.5 Å². The highest BCUT2D eigenvalue weighted by Gasteiger charge is 2.12. The topological polar surface area (TPSA) is 17.8 Å².